The summed E-state index contributed by atoms with van der Waals surface area (Å²) >= 11 is 1.61. The fraction of sp³-hybridized carbons (Fsp3) is 0.417. The third-order valence-corrected chi connectivity index (χ3v) is 3.94. The van der Waals surface area contributed by atoms with E-state index in [-0.39, 0.29) is 37.3 Å². The first-order valence-electron chi connectivity index (χ1n) is 5.70. The molecule has 0 aliphatic carbocycles. The first kappa shape index (κ1) is 19.1. The first-order valence-corrected chi connectivity index (χ1v) is 6.58. The van der Waals surface area contributed by atoms with Gasteiger partial charge in [0.1, 0.15) is 5.82 Å². The maximum absolute atomic E-state index is 9.75. The summed E-state index contributed by atoms with van der Waals surface area (Å²) < 4.78 is 2.03. The monoisotopic (exact) mass is 337 g/mol. The number of aliphatic hydroxyl groups excluding tert-OH is 1. The van der Waals surface area contributed by atoms with Crippen molar-refractivity contribution < 1.29 is 27.2 Å². The van der Waals surface area contributed by atoms with Gasteiger partial charge in [-0.05, 0) is 6.92 Å². The Balaban J connectivity index is 0.00000180. The first-order chi connectivity index (χ1) is 8.61. The van der Waals surface area contributed by atoms with E-state index in [0.29, 0.717) is 24.4 Å². The molecule has 112 valence electrons. The topological polar surface area (TPSA) is 70.1 Å². The van der Waals surface area contributed by atoms with E-state index in [1.54, 1.807) is 24.5 Å². The number of aromatic nitrogens is 3. The van der Waals surface area contributed by atoms with Crippen LogP contribution in [0.2, 0.25) is 0 Å². The zero-order valence-corrected chi connectivity index (χ0v) is 13.6. The van der Waals surface area contributed by atoms with Crippen molar-refractivity contribution in [2.45, 2.75) is 26.8 Å². The summed E-state index contributed by atoms with van der Waals surface area (Å²) in [4.78, 5) is 9.18. The summed E-state index contributed by atoms with van der Waals surface area (Å²) in [6, 6.07) is 0. The van der Waals surface area contributed by atoms with Crippen LogP contribution in [0, 0.1) is 13.8 Å². The maximum atomic E-state index is 9.75. The number of aliphatic hydroxyl groups is 1. The molecule has 2 rings (SSSR count). The van der Waals surface area contributed by atoms with E-state index in [9.17, 15) is 5.11 Å². The van der Waals surface area contributed by atoms with E-state index in [1.165, 1.54) is 0 Å². The highest BCUT2D eigenvalue weighted by Crippen LogP contribution is 2.15. The van der Waals surface area contributed by atoms with Crippen LogP contribution in [-0.4, -0.2) is 26.8 Å². The Morgan fingerprint density at radius 1 is 1.35 bits per heavy atom. The molecule has 2 aromatic heterocycles. The van der Waals surface area contributed by atoms with Crippen LogP contribution in [0.4, 0.5) is 0 Å². The minimum absolute atomic E-state index is 0. The highest BCUT2D eigenvalue weighted by Gasteiger charge is 2.17. The normalized spacial score (nSPS) is 9.75. The van der Waals surface area contributed by atoms with Crippen LogP contribution in [0.15, 0.2) is 11.7 Å². The predicted octanol–water partition coefficient (Wildman–Crippen LogP) is -1.84. The summed E-state index contributed by atoms with van der Waals surface area (Å²) in [6.45, 7) is 4.44. The molecule has 0 aliphatic heterocycles. The largest absolute Gasteiger partial charge is 1.00 e. The minimum atomic E-state index is 0. The fourth-order valence-electron chi connectivity index (χ4n) is 1.73. The summed E-state index contributed by atoms with van der Waals surface area (Å²) in [5.74, 6) is 0.591. The highest BCUT2D eigenvalue weighted by atomic mass is 35.5. The van der Waals surface area contributed by atoms with Crippen LogP contribution < -0.4 is 17.0 Å². The Morgan fingerprint density at radius 2 is 2.05 bits per heavy atom. The van der Waals surface area contributed by atoms with E-state index in [4.69, 9.17) is 5.11 Å². The molecule has 2 N–H and O–H groups in total. The molecule has 0 radical (unpaired) electrons. The molecule has 2 heterocycles. The number of aromatic hydroxyl groups is 1. The van der Waals surface area contributed by atoms with Gasteiger partial charge in [-0.3, -0.25) is 0 Å². The van der Waals surface area contributed by atoms with Crippen molar-refractivity contribution in [3.05, 3.63) is 33.7 Å². The zero-order chi connectivity index (χ0) is 13.1. The van der Waals surface area contributed by atoms with Crippen LogP contribution in [0.5, 0.6) is 5.88 Å². The smallest absolute Gasteiger partial charge is 0.225 e. The maximum Gasteiger partial charge on any atom is 0.225 e. The van der Waals surface area contributed by atoms with Gasteiger partial charge in [0, 0.05) is 26.1 Å². The SMILES string of the molecule is Cc1ncc(C[n+]2csc(CCO)c2C)c(O)n1.Cl.[Cl-]. The average Bonchev–Trinajstić information content (AvgIpc) is 2.66. The van der Waals surface area contributed by atoms with Crippen LogP contribution in [0.1, 0.15) is 22.0 Å². The molecule has 0 atom stereocenters. The molecule has 0 unspecified atom stereocenters. The molecule has 0 fully saturated rings. The number of halogens is 2. The lowest BCUT2D eigenvalue weighted by Crippen LogP contribution is -3.00. The second-order valence-corrected chi connectivity index (χ2v) is 5.04. The van der Waals surface area contributed by atoms with Gasteiger partial charge in [0.15, 0.2) is 12.2 Å². The summed E-state index contributed by atoms with van der Waals surface area (Å²) in [6.07, 6.45) is 2.31. The lowest BCUT2D eigenvalue weighted by atomic mass is 10.2. The Hall–Kier alpha value is -0.950. The molecule has 2 aromatic rings. The van der Waals surface area contributed by atoms with Crippen molar-refractivity contribution >= 4 is 23.7 Å². The molecule has 0 bridgehead atoms. The second-order valence-electron chi connectivity index (χ2n) is 4.10. The van der Waals surface area contributed by atoms with Gasteiger partial charge in [-0.2, -0.15) is 9.55 Å². The van der Waals surface area contributed by atoms with Gasteiger partial charge >= 0.3 is 0 Å². The molecular weight excluding hydrogens is 321 g/mol. The predicted molar refractivity (Wildman–Crippen MR) is 74.8 cm³/mol. The number of hydrogen-bond acceptors (Lipinski definition) is 5. The summed E-state index contributed by atoms with van der Waals surface area (Å²) in [5.41, 5.74) is 3.79. The van der Waals surface area contributed by atoms with E-state index in [1.807, 2.05) is 17.0 Å². The number of thiazole rings is 1. The minimum Gasteiger partial charge on any atom is -1.00 e. The molecule has 5 nitrogen and oxygen atoms in total. The van der Waals surface area contributed by atoms with Crippen molar-refractivity contribution in [3.8, 4) is 5.88 Å². The molecular formula is C12H17Cl2N3O2S. The van der Waals surface area contributed by atoms with Gasteiger partial charge in [-0.15, -0.1) is 12.4 Å². The summed E-state index contributed by atoms with van der Waals surface area (Å²) in [7, 11) is 0. The Morgan fingerprint density at radius 3 is 2.65 bits per heavy atom. The fourth-order valence-corrected chi connectivity index (χ4v) is 2.71. The molecule has 0 spiro atoms. The van der Waals surface area contributed by atoms with E-state index >= 15 is 0 Å². The van der Waals surface area contributed by atoms with Gasteiger partial charge in [0.05, 0.1) is 10.4 Å². The summed E-state index contributed by atoms with van der Waals surface area (Å²) in [5, 5.41) is 18.7. The molecule has 0 aromatic carbocycles. The van der Waals surface area contributed by atoms with Gasteiger partial charge in [0.25, 0.3) is 0 Å². The number of aryl methyl sites for hydroxylation is 1. The van der Waals surface area contributed by atoms with Gasteiger partial charge in [-0.1, -0.05) is 11.3 Å². The molecule has 0 saturated heterocycles. The Bertz CT molecular complexity index is 564. The van der Waals surface area contributed by atoms with E-state index in [0.717, 1.165) is 10.6 Å². The van der Waals surface area contributed by atoms with Crippen LogP contribution in [0.3, 0.4) is 0 Å². The molecule has 20 heavy (non-hydrogen) atoms. The van der Waals surface area contributed by atoms with Crippen molar-refractivity contribution in [1.29, 1.82) is 0 Å². The van der Waals surface area contributed by atoms with Crippen molar-refractivity contribution in [2.75, 3.05) is 6.61 Å². The third-order valence-electron chi connectivity index (χ3n) is 2.80. The van der Waals surface area contributed by atoms with Gasteiger partial charge in [-0.25, -0.2) is 4.98 Å². The Kier molecular flexibility index (Phi) is 7.96. The Labute approximate surface area is 134 Å². The van der Waals surface area contributed by atoms with Crippen LogP contribution >= 0.6 is 23.7 Å². The standard InChI is InChI=1S/C12H15N3O2S.2ClH/c1-8-11(3-4-16)18-7-15(8)6-10-5-13-9(2)14-12(10)17;;/h5,7,16H,3-4,6H2,1-2H3;2*1H. The second kappa shape index (κ2) is 8.36. The molecule has 0 aliphatic rings. The number of hydrogen-bond donors (Lipinski definition) is 2. The van der Waals surface area contributed by atoms with Crippen LogP contribution in [-0.2, 0) is 13.0 Å². The lowest BCUT2D eigenvalue weighted by molar-refractivity contribution is -0.689. The van der Waals surface area contributed by atoms with Crippen molar-refractivity contribution in [2.24, 2.45) is 0 Å². The number of nitrogens with zero attached hydrogens (tertiary/aromatic N) is 3. The van der Waals surface area contributed by atoms with Gasteiger partial charge < -0.3 is 22.6 Å². The molecule has 0 saturated carbocycles. The van der Waals surface area contributed by atoms with E-state index < -0.39 is 0 Å². The van der Waals surface area contributed by atoms with E-state index in [2.05, 4.69) is 9.97 Å². The quantitative estimate of drug-likeness (QED) is 0.643. The van der Waals surface area contributed by atoms with Gasteiger partial charge in [0.2, 0.25) is 11.4 Å². The van der Waals surface area contributed by atoms with Crippen molar-refractivity contribution in [1.82, 2.24) is 9.97 Å². The van der Waals surface area contributed by atoms with Crippen LogP contribution in [0.25, 0.3) is 0 Å². The molecule has 0 amide bonds. The average molecular weight is 338 g/mol. The highest BCUT2D eigenvalue weighted by molar-refractivity contribution is 7.09. The van der Waals surface area contributed by atoms with Crippen molar-refractivity contribution in [3.63, 3.8) is 0 Å². The molecule has 8 heteroatoms. The lowest BCUT2D eigenvalue weighted by Gasteiger charge is -2.00. The third kappa shape index (κ3) is 4.28. The zero-order valence-electron chi connectivity index (χ0n) is 11.2. The number of rotatable bonds is 4.